The molecule has 0 spiro atoms. The SMILES string of the molecule is COc1cc(/C=N\NC(=O)c2ccc(C(C)(C)C)cc2)cc(Cl)c1OC. The van der Waals surface area contributed by atoms with E-state index in [2.05, 4.69) is 31.3 Å². The normalized spacial score (nSPS) is 11.5. The number of halogens is 1. The molecule has 0 aromatic heterocycles. The van der Waals surface area contributed by atoms with Gasteiger partial charge in [0.15, 0.2) is 11.5 Å². The number of carbonyl (C=O) groups excluding carboxylic acids is 1. The molecule has 26 heavy (non-hydrogen) atoms. The summed E-state index contributed by atoms with van der Waals surface area (Å²) >= 11 is 6.15. The third kappa shape index (κ3) is 4.76. The summed E-state index contributed by atoms with van der Waals surface area (Å²) in [4.78, 5) is 12.2. The zero-order valence-electron chi connectivity index (χ0n) is 15.6. The fourth-order valence-electron chi connectivity index (χ4n) is 2.36. The summed E-state index contributed by atoms with van der Waals surface area (Å²) < 4.78 is 10.4. The molecule has 2 aromatic carbocycles. The Bertz CT molecular complexity index is 809. The fourth-order valence-corrected chi connectivity index (χ4v) is 2.66. The van der Waals surface area contributed by atoms with Crippen LogP contribution in [0.25, 0.3) is 0 Å². The molecule has 0 radical (unpaired) electrons. The van der Waals surface area contributed by atoms with E-state index in [-0.39, 0.29) is 11.3 Å². The van der Waals surface area contributed by atoms with Crippen molar-refractivity contribution < 1.29 is 14.3 Å². The smallest absolute Gasteiger partial charge is 0.271 e. The summed E-state index contributed by atoms with van der Waals surface area (Å²) in [5, 5.41) is 4.38. The number of methoxy groups -OCH3 is 2. The predicted octanol–water partition coefficient (Wildman–Crippen LogP) is 4.42. The zero-order chi connectivity index (χ0) is 19.3. The molecule has 1 N–H and O–H groups in total. The fraction of sp³-hybridized carbons (Fsp3) is 0.300. The average Bonchev–Trinajstić information content (AvgIpc) is 2.60. The molecular formula is C20H23ClN2O3. The third-order valence-electron chi connectivity index (χ3n) is 3.85. The maximum atomic E-state index is 12.2. The van der Waals surface area contributed by atoms with Gasteiger partial charge in [0, 0.05) is 5.56 Å². The molecule has 0 bridgehead atoms. The number of amides is 1. The van der Waals surface area contributed by atoms with Crippen LogP contribution in [-0.4, -0.2) is 26.3 Å². The second kappa shape index (κ2) is 8.23. The number of nitrogens with zero attached hydrogens (tertiary/aromatic N) is 1. The topological polar surface area (TPSA) is 59.9 Å². The van der Waals surface area contributed by atoms with E-state index in [9.17, 15) is 4.79 Å². The number of rotatable bonds is 5. The third-order valence-corrected chi connectivity index (χ3v) is 4.13. The van der Waals surface area contributed by atoms with E-state index in [1.165, 1.54) is 20.4 Å². The molecule has 1 amide bonds. The summed E-state index contributed by atoms with van der Waals surface area (Å²) in [6.45, 7) is 6.38. The van der Waals surface area contributed by atoms with Gasteiger partial charge in [0.2, 0.25) is 0 Å². The minimum absolute atomic E-state index is 0.0415. The lowest BCUT2D eigenvalue weighted by Gasteiger charge is -2.18. The van der Waals surface area contributed by atoms with Gasteiger partial charge < -0.3 is 9.47 Å². The number of hydrogen-bond acceptors (Lipinski definition) is 4. The van der Waals surface area contributed by atoms with Crippen LogP contribution in [0.5, 0.6) is 11.5 Å². The van der Waals surface area contributed by atoms with Gasteiger partial charge in [0.25, 0.3) is 5.91 Å². The summed E-state index contributed by atoms with van der Waals surface area (Å²) in [6, 6.07) is 10.9. The van der Waals surface area contributed by atoms with Gasteiger partial charge in [0.1, 0.15) is 0 Å². The van der Waals surface area contributed by atoms with Crippen molar-refractivity contribution in [3.63, 3.8) is 0 Å². The molecule has 0 unspecified atom stereocenters. The van der Waals surface area contributed by atoms with Crippen molar-refractivity contribution in [2.45, 2.75) is 26.2 Å². The van der Waals surface area contributed by atoms with Gasteiger partial charge in [-0.3, -0.25) is 4.79 Å². The molecule has 0 aliphatic rings. The molecule has 2 aromatic rings. The predicted molar refractivity (Wildman–Crippen MR) is 105 cm³/mol. The summed E-state index contributed by atoms with van der Waals surface area (Å²) in [7, 11) is 3.04. The van der Waals surface area contributed by atoms with Crippen molar-refractivity contribution in [2.75, 3.05) is 14.2 Å². The summed E-state index contributed by atoms with van der Waals surface area (Å²) in [5.74, 6) is 0.660. The van der Waals surface area contributed by atoms with Crippen molar-refractivity contribution in [3.8, 4) is 11.5 Å². The van der Waals surface area contributed by atoms with Crippen LogP contribution in [0, 0.1) is 0 Å². The first kappa shape index (κ1) is 19.8. The van der Waals surface area contributed by atoms with Crippen LogP contribution in [0.2, 0.25) is 5.02 Å². The van der Waals surface area contributed by atoms with Crippen molar-refractivity contribution in [1.82, 2.24) is 5.43 Å². The molecular weight excluding hydrogens is 352 g/mol. The van der Waals surface area contributed by atoms with E-state index < -0.39 is 0 Å². The minimum Gasteiger partial charge on any atom is -0.493 e. The maximum absolute atomic E-state index is 12.2. The monoisotopic (exact) mass is 374 g/mol. The Balaban J connectivity index is 2.08. The molecule has 0 atom stereocenters. The van der Waals surface area contributed by atoms with Crippen molar-refractivity contribution in [3.05, 3.63) is 58.1 Å². The maximum Gasteiger partial charge on any atom is 0.271 e. The Morgan fingerprint density at radius 2 is 1.77 bits per heavy atom. The van der Waals surface area contributed by atoms with Gasteiger partial charge in [-0.1, -0.05) is 44.5 Å². The van der Waals surface area contributed by atoms with E-state index >= 15 is 0 Å². The first-order valence-corrected chi connectivity index (χ1v) is 8.49. The average molecular weight is 375 g/mol. The first-order chi connectivity index (χ1) is 12.3. The highest BCUT2D eigenvalue weighted by molar-refractivity contribution is 6.32. The Hall–Kier alpha value is -2.53. The van der Waals surface area contributed by atoms with Gasteiger partial charge in [-0.05, 0) is 40.8 Å². The quantitative estimate of drug-likeness (QED) is 0.622. The second-order valence-electron chi connectivity index (χ2n) is 6.76. The molecule has 5 nitrogen and oxygen atoms in total. The summed E-state index contributed by atoms with van der Waals surface area (Å²) in [5.41, 5.74) is 4.93. The number of hydrogen-bond donors (Lipinski definition) is 1. The lowest BCUT2D eigenvalue weighted by molar-refractivity contribution is 0.0955. The number of benzene rings is 2. The largest absolute Gasteiger partial charge is 0.493 e. The molecule has 0 saturated heterocycles. The van der Waals surface area contributed by atoms with Crippen LogP contribution in [0.3, 0.4) is 0 Å². The second-order valence-corrected chi connectivity index (χ2v) is 7.17. The lowest BCUT2D eigenvalue weighted by atomic mass is 9.87. The Morgan fingerprint density at radius 3 is 2.31 bits per heavy atom. The van der Waals surface area contributed by atoms with Crippen LogP contribution in [0.4, 0.5) is 0 Å². The highest BCUT2D eigenvalue weighted by Gasteiger charge is 2.14. The van der Waals surface area contributed by atoms with Gasteiger partial charge in [-0.25, -0.2) is 5.43 Å². The molecule has 6 heteroatoms. The van der Waals surface area contributed by atoms with E-state index in [0.29, 0.717) is 27.6 Å². The highest BCUT2D eigenvalue weighted by Crippen LogP contribution is 2.35. The standard InChI is InChI=1S/C20H23ClN2O3/c1-20(2,3)15-8-6-14(7-9-15)19(24)23-22-12-13-10-16(21)18(26-5)17(11-13)25-4/h6-12H,1-5H3,(H,23,24)/b22-12-. The number of ether oxygens (including phenoxy) is 2. The Kier molecular flexibility index (Phi) is 6.27. The minimum atomic E-state index is -0.284. The van der Waals surface area contributed by atoms with Crippen LogP contribution >= 0.6 is 11.6 Å². The molecule has 0 saturated carbocycles. The highest BCUT2D eigenvalue weighted by atomic mass is 35.5. The Morgan fingerprint density at radius 1 is 1.12 bits per heavy atom. The van der Waals surface area contributed by atoms with E-state index in [1.807, 2.05) is 12.1 Å². The molecule has 0 heterocycles. The lowest BCUT2D eigenvalue weighted by Crippen LogP contribution is -2.18. The van der Waals surface area contributed by atoms with E-state index in [0.717, 1.165) is 5.56 Å². The number of hydrazone groups is 1. The van der Waals surface area contributed by atoms with Crippen LogP contribution < -0.4 is 14.9 Å². The van der Waals surface area contributed by atoms with E-state index in [1.54, 1.807) is 24.3 Å². The molecule has 0 fully saturated rings. The van der Waals surface area contributed by atoms with E-state index in [4.69, 9.17) is 21.1 Å². The summed E-state index contributed by atoms with van der Waals surface area (Å²) in [6.07, 6.45) is 1.50. The van der Waals surface area contributed by atoms with Gasteiger partial charge in [0.05, 0.1) is 25.5 Å². The molecule has 138 valence electrons. The number of carbonyl (C=O) groups is 1. The zero-order valence-corrected chi connectivity index (χ0v) is 16.3. The Labute approximate surface area is 159 Å². The molecule has 0 aliphatic heterocycles. The number of nitrogens with one attached hydrogen (secondary N) is 1. The van der Waals surface area contributed by atoms with Gasteiger partial charge >= 0.3 is 0 Å². The van der Waals surface area contributed by atoms with Crippen LogP contribution in [-0.2, 0) is 5.41 Å². The van der Waals surface area contributed by atoms with Gasteiger partial charge in [-0.15, -0.1) is 0 Å². The van der Waals surface area contributed by atoms with Crippen molar-refractivity contribution in [1.29, 1.82) is 0 Å². The van der Waals surface area contributed by atoms with Crippen LogP contribution in [0.1, 0.15) is 42.3 Å². The van der Waals surface area contributed by atoms with Crippen LogP contribution in [0.15, 0.2) is 41.5 Å². The van der Waals surface area contributed by atoms with Crippen molar-refractivity contribution in [2.24, 2.45) is 5.10 Å². The molecule has 0 aliphatic carbocycles. The van der Waals surface area contributed by atoms with Crippen molar-refractivity contribution >= 4 is 23.7 Å². The van der Waals surface area contributed by atoms with Gasteiger partial charge in [-0.2, -0.15) is 5.10 Å². The first-order valence-electron chi connectivity index (χ1n) is 8.11. The molecule has 2 rings (SSSR count).